The number of likely N-dealkylation sites (tertiary alicyclic amines) is 1. The predicted molar refractivity (Wildman–Crippen MR) is 79.2 cm³/mol. The van der Waals surface area contributed by atoms with E-state index in [0.717, 1.165) is 19.0 Å². The van der Waals surface area contributed by atoms with E-state index in [9.17, 15) is 0 Å². The van der Waals surface area contributed by atoms with Gasteiger partial charge in [-0.1, -0.05) is 0 Å². The van der Waals surface area contributed by atoms with Crippen LogP contribution in [0.2, 0.25) is 0 Å². The van der Waals surface area contributed by atoms with Gasteiger partial charge in [0.05, 0.1) is 11.9 Å². The van der Waals surface area contributed by atoms with E-state index in [0.29, 0.717) is 0 Å². The Labute approximate surface area is 117 Å². The summed E-state index contributed by atoms with van der Waals surface area (Å²) < 4.78 is 0. The van der Waals surface area contributed by atoms with Crippen molar-refractivity contribution in [1.29, 1.82) is 0 Å². The Hall–Kier alpha value is -1.17. The van der Waals surface area contributed by atoms with Crippen LogP contribution in [0.3, 0.4) is 0 Å². The number of nitrogens with one attached hydrogen (secondary N) is 2. The standard InChI is InChI=1S/C14H20N4S/c1-15-6-11-2-4-18(8-11)9-13-7-16-17-14(13)12-3-5-19-10-12/h3,5,7,10-11,15H,2,4,6,8-9H2,1H3,(H,16,17). The van der Waals surface area contributed by atoms with Gasteiger partial charge in [-0.3, -0.25) is 10.00 Å². The van der Waals surface area contributed by atoms with Crippen LogP contribution in [0.1, 0.15) is 12.0 Å². The number of thiophene rings is 1. The lowest BCUT2D eigenvalue weighted by molar-refractivity contribution is 0.316. The zero-order chi connectivity index (χ0) is 13.1. The first kappa shape index (κ1) is 12.8. The molecule has 3 heterocycles. The molecule has 0 aromatic carbocycles. The highest BCUT2D eigenvalue weighted by Crippen LogP contribution is 2.26. The summed E-state index contributed by atoms with van der Waals surface area (Å²) >= 11 is 1.73. The lowest BCUT2D eigenvalue weighted by Crippen LogP contribution is -2.24. The van der Waals surface area contributed by atoms with Crippen LogP contribution in [0.25, 0.3) is 11.3 Å². The minimum Gasteiger partial charge on any atom is -0.319 e. The molecule has 0 radical (unpaired) electrons. The molecule has 4 nitrogen and oxygen atoms in total. The van der Waals surface area contributed by atoms with E-state index in [1.54, 1.807) is 11.3 Å². The third kappa shape index (κ3) is 2.88. The molecule has 1 saturated heterocycles. The van der Waals surface area contributed by atoms with Crippen molar-refractivity contribution >= 4 is 11.3 Å². The minimum absolute atomic E-state index is 0.793. The molecule has 0 amide bonds. The van der Waals surface area contributed by atoms with Crippen molar-refractivity contribution in [2.75, 3.05) is 26.7 Å². The molecule has 19 heavy (non-hydrogen) atoms. The van der Waals surface area contributed by atoms with Gasteiger partial charge in [-0.2, -0.15) is 16.4 Å². The first-order chi connectivity index (χ1) is 9.36. The van der Waals surface area contributed by atoms with Gasteiger partial charge in [0.15, 0.2) is 0 Å². The molecular formula is C14H20N4S. The topological polar surface area (TPSA) is 44.0 Å². The second kappa shape index (κ2) is 5.86. The molecule has 2 N–H and O–H groups in total. The van der Waals surface area contributed by atoms with Crippen molar-refractivity contribution in [3.8, 4) is 11.3 Å². The van der Waals surface area contributed by atoms with E-state index in [1.807, 2.05) is 13.2 Å². The summed E-state index contributed by atoms with van der Waals surface area (Å²) in [6.07, 6.45) is 3.27. The van der Waals surface area contributed by atoms with E-state index < -0.39 is 0 Å². The minimum atomic E-state index is 0.793. The number of rotatable bonds is 5. The summed E-state index contributed by atoms with van der Waals surface area (Å²) in [5.74, 6) is 0.793. The quantitative estimate of drug-likeness (QED) is 0.880. The second-order valence-corrected chi connectivity index (χ2v) is 6.01. The molecule has 2 aromatic heterocycles. The normalized spacial score (nSPS) is 20.2. The Kier molecular flexibility index (Phi) is 3.96. The molecule has 1 fully saturated rings. The van der Waals surface area contributed by atoms with Crippen molar-refractivity contribution in [3.05, 3.63) is 28.6 Å². The number of hydrogen-bond acceptors (Lipinski definition) is 4. The van der Waals surface area contributed by atoms with E-state index in [-0.39, 0.29) is 0 Å². The van der Waals surface area contributed by atoms with Crippen LogP contribution in [0.4, 0.5) is 0 Å². The summed E-state index contributed by atoms with van der Waals surface area (Å²) in [5.41, 5.74) is 3.74. The molecule has 5 heteroatoms. The van der Waals surface area contributed by atoms with Crippen LogP contribution < -0.4 is 5.32 Å². The molecule has 0 bridgehead atoms. The van der Waals surface area contributed by atoms with Crippen LogP contribution in [0.15, 0.2) is 23.0 Å². The van der Waals surface area contributed by atoms with Crippen LogP contribution in [-0.2, 0) is 6.54 Å². The first-order valence-corrected chi connectivity index (χ1v) is 7.73. The SMILES string of the molecule is CNCC1CCN(Cc2cn[nH]c2-c2ccsc2)C1. The number of hydrogen-bond donors (Lipinski definition) is 2. The van der Waals surface area contributed by atoms with Crippen LogP contribution in [0, 0.1) is 5.92 Å². The molecule has 2 aromatic rings. The van der Waals surface area contributed by atoms with Gasteiger partial charge in [0, 0.05) is 29.6 Å². The summed E-state index contributed by atoms with van der Waals surface area (Å²) in [6.45, 7) is 4.51. The molecule has 1 unspecified atom stereocenters. The number of nitrogens with zero attached hydrogens (tertiary/aromatic N) is 2. The molecule has 1 aliphatic heterocycles. The summed E-state index contributed by atoms with van der Waals surface area (Å²) in [5, 5.41) is 14.9. The third-order valence-corrected chi connectivity index (χ3v) is 4.47. The Morgan fingerprint density at radius 3 is 3.32 bits per heavy atom. The molecule has 102 valence electrons. The number of aromatic amines is 1. The van der Waals surface area contributed by atoms with E-state index in [4.69, 9.17) is 0 Å². The number of H-pyrrole nitrogens is 1. The maximum absolute atomic E-state index is 4.22. The van der Waals surface area contributed by atoms with Gasteiger partial charge in [0.25, 0.3) is 0 Å². The average molecular weight is 276 g/mol. The van der Waals surface area contributed by atoms with Crippen molar-refractivity contribution in [3.63, 3.8) is 0 Å². The smallest absolute Gasteiger partial charge is 0.0703 e. The molecule has 0 saturated carbocycles. The van der Waals surface area contributed by atoms with Crippen molar-refractivity contribution in [2.45, 2.75) is 13.0 Å². The van der Waals surface area contributed by atoms with Gasteiger partial charge in [0.1, 0.15) is 0 Å². The highest BCUT2D eigenvalue weighted by molar-refractivity contribution is 7.08. The lowest BCUT2D eigenvalue weighted by atomic mass is 10.1. The molecule has 1 atom stereocenters. The highest BCUT2D eigenvalue weighted by atomic mass is 32.1. The zero-order valence-corrected chi connectivity index (χ0v) is 12.0. The fraction of sp³-hybridized carbons (Fsp3) is 0.500. The predicted octanol–water partition coefficient (Wildman–Crippen LogP) is 2.18. The van der Waals surface area contributed by atoms with Crippen molar-refractivity contribution in [1.82, 2.24) is 20.4 Å². The van der Waals surface area contributed by atoms with E-state index >= 15 is 0 Å². The fourth-order valence-electron chi connectivity index (χ4n) is 2.84. The van der Waals surface area contributed by atoms with Crippen LogP contribution in [-0.4, -0.2) is 41.8 Å². The maximum atomic E-state index is 4.22. The summed E-state index contributed by atoms with van der Waals surface area (Å²) in [6, 6.07) is 2.15. The molecular weight excluding hydrogens is 256 g/mol. The zero-order valence-electron chi connectivity index (χ0n) is 11.2. The molecule has 1 aliphatic rings. The van der Waals surface area contributed by atoms with E-state index in [1.165, 1.54) is 36.3 Å². The second-order valence-electron chi connectivity index (χ2n) is 5.23. The van der Waals surface area contributed by atoms with Gasteiger partial charge < -0.3 is 5.32 Å². The monoisotopic (exact) mass is 276 g/mol. The molecule has 0 spiro atoms. The molecule has 0 aliphatic carbocycles. The summed E-state index contributed by atoms with van der Waals surface area (Å²) in [4.78, 5) is 2.53. The average Bonchev–Trinajstić information content (AvgIpc) is 3.11. The van der Waals surface area contributed by atoms with Gasteiger partial charge in [-0.25, -0.2) is 0 Å². The summed E-state index contributed by atoms with van der Waals surface area (Å²) in [7, 11) is 2.04. The highest BCUT2D eigenvalue weighted by Gasteiger charge is 2.23. The van der Waals surface area contributed by atoms with Gasteiger partial charge in [-0.05, 0) is 43.9 Å². The van der Waals surface area contributed by atoms with Gasteiger partial charge >= 0.3 is 0 Å². The van der Waals surface area contributed by atoms with E-state index in [2.05, 4.69) is 37.2 Å². The van der Waals surface area contributed by atoms with Gasteiger partial charge in [-0.15, -0.1) is 0 Å². The van der Waals surface area contributed by atoms with Crippen LogP contribution in [0.5, 0.6) is 0 Å². The number of aromatic nitrogens is 2. The fourth-order valence-corrected chi connectivity index (χ4v) is 3.49. The lowest BCUT2D eigenvalue weighted by Gasteiger charge is -2.15. The van der Waals surface area contributed by atoms with Gasteiger partial charge in [0.2, 0.25) is 0 Å². The third-order valence-electron chi connectivity index (χ3n) is 3.78. The van der Waals surface area contributed by atoms with Crippen molar-refractivity contribution < 1.29 is 0 Å². The molecule has 3 rings (SSSR count). The Morgan fingerprint density at radius 1 is 1.58 bits per heavy atom. The van der Waals surface area contributed by atoms with Crippen molar-refractivity contribution in [2.24, 2.45) is 5.92 Å². The Bertz CT molecular complexity index is 505. The maximum Gasteiger partial charge on any atom is 0.0703 e. The largest absolute Gasteiger partial charge is 0.319 e. The van der Waals surface area contributed by atoms with Crippen LogP contribution >= 0.6 is 11.3 Å². The Morgan fingerprint density at radius 2 is 2.53 bits per heavy atom. The first-order valence-electron chi connectivity index (χ1n) is 6.78. The Balaban J connectivity index is 1.67.